The molecular formula is C27H33N5S. The van der Waals surface area contributed by atoms with E-state index in [1.54, 1.807) is 6.20 Å². The Morgan fingerprint density at radius 1 is 1.12 bits per heavy atom. The number of anilines is 2. The SMILES string of the molecule is [C-]#[N+]c1ccc(NC2CCC(CCN3CCN(c4cccc5sccc45)C[C@H]3C)CC2)nc1. The van der Waals surface area contributed by atoms with E-state index in [9.17, 15) is 0 Å². The molecule has 172 valence electrons. The largest absolute Gasteiger partial charge is 0.368 e. The zero-order valence-electron chi connectivity index (χ0n) is 19.4. The van der Waals surface area contributed by atoms with Crippen LogP contribution in [-0.4, -0.2) is 48.1 Å². The fourth-order valence-electron chi connectivity index (χ4n) is 5.49. The normalized spacial score (nSPS) is 24.0. The molecule has 1 aliphatic carbocycles. The molecule has 0 unspecified atom stereocenters. The summed E-state index contributed by atoms with van der Waals surface area (Å²) < 4.78 is 1.39. The summed E-state index contributed by atoms with van der Waals surface area (Å²) in [5.41, 5.74) is 2.01. The topological polar surface area (TPSA) is 35.8 Å². The van der Waals surface area contributed by atoms with Crippen LogP contribution in [0, 0.1) is 12.5 Å². The molecule has 1 aromatic carbocycles. The van der Waals surface area contributed by atoms with Crippen LogP contribution < -0.4 is 10.2 Å². The van der Waals surface area contributed by atoms with E-state index in [2.05, 4.69) is 61.5 Å². The van der Waals surface area contributed by atoms with Gasteiger partial charge in [0.25, 0.3) is 0 Å². The Morgan fingerprint density at radius 3 is 2.76 bits per heavy atom. The summed E-state index contributed by atoms with van der Waals surface area (Å²) in [7, 11) is 0. The van der Waals surface area contributed by atoms with Crippen molar-refractivity contribution in [2.45, 2.75) is 51.1 Å². The molecule has 1 saturated carbocycles. The Labute approximate surface area is 201 Å². The summed E-state index contributed by atoms with van der Waals surface area (Å²) in [6, 6.07) is 13.9. The predicted molar refractivity (Wildman–Crippen MR) is 140 cm³/mol. The minimum atomic E-state index is 0.509. The van der Waals surface area contributed by atoms with Gasteiger partial charge in [0.1, 0.15) is 5.82 Å². The molecule has 2 aliphatic rings. The van der Waals surface area contributed by atoms with Crippen molar-refractivity contribution in [1.82, 2.24) is 9.88 Å². The van der Waals surface area contributed by atoms with Gasteiger partial charge in [0.2, 0.25) is 5.69 Å². The van der Waals surface area contributed by atoms with E-state index in [-0.39, 0.29) is 0 Å². The quantitative estimate of drug-likeness (QED) is 0.432. The van der Waals surface area contributed by atoms with Gasteiger partial charge in [-0.15, -0.1) is 11.3 Å². The molecule has 33 heavy (non-hydrogen) atoms. The van der Waals surface area contributed by atoms with E-state index >= 15 is 0 Å². The third-order valence-electron chi connectivity index (χ3n) is 7.48. The molecule has 1 N–H and O–H groups in total. The molecule has 5 nitrogen and oxygen atoms in total. The summed E-state index contributed by atoms with van der Waals surface area (Å²) in [5.74, 6) is 1.74. The monoisotopic (exact) mass is 459 g/mol. The average molecular weight is 460 g/mol. The third kappa shape index (κ3) is 5.15. The van der Waals surface area contributed by atoms with Gasteiger partial charge in [0.05, 0.1) is 6.57 Å². The number of nitrogens with one attached hydrogen (secondary N) is 1. The fraction of sp³-hybridized carbons (Fsp3) is 0.481. The Kier molecular flexibility index (Phi) is 6.80. The van der Waals surface area contributed by atoms with Gasteiger partial charge >= 0.3 is 0 Å². The lowest BCUT2D eigenvalue weighted by Gasteiger charge is -2.42. The maximum Gasteiger partial charge on any atom is 0.205 e. The van der Waals surface area contributed by atoms with Gasteiger partial charge in [0, 0.05) is 53.7 Å². The molecule has 3 aromatic rings. The molecular weight excluding hydrogens is 426 g/mol. The number of benzene rings is 1. The first kappa shape index (κ1) is 22.2. The summed E-state index contributed by atoms with van der Waals surface area (Å²) in [5, 5.41) is 7.18. The van der Waals surface area contributed by atoms with Gasteiger partial charge < -0.3 is 10.2 Å². The average Bonchev–Trinajstić information content (AvgIpc) is 3.34. The van der Waals surface area contributed by atoms with Crippen molar-refractivity contribution in [3.05, 3.63) is 59.4 Å². The molecule has 3 heterocycles. The molecule has 2 aromatic heterocycles. The highest BCUT2D eigenvalue weighted by Crippen LogP contribution is 2.33. The van der Waals surface area contributed by atoms with Crippen LogP contribution in [0.2, 0.25) is 0 Å². The number of nitrogens with zero attached hydrogens (tertiary/aromatic N) is 4. The van der Waals surface area contributed by atoms with Gasteiger partial charge in [-0.05, 0) is 81.1 Å². The highest BCUT2D eigenvalue weighted by Gasteiger charge is 2.27. The van der Waals surface area contributed by atoms with E-state index in [0.717, 1.165) is 31.4 Å². The second-order valence-corrected chi connectivity index (χ2v) is 10.6. The maximum absolute atomic E-state index is 7.05. The Bertz CT molecular complexity index is 1090. The van der Waals surface area contributed by atoms with Crippen LogP contribution in [0.3, 0.4) is 0 Å². The van der Waals surface area contributed by atoms with Crippen molar-refractivity contribution in [2.75, 3.05) is 36.4 Å². The number of piperazine rings is 1. The molecule has 5 rings (SSSR count). The Hall–Kier alpha value is -2.62. The Morgan fingerprint density at radius 2 is 2.00 bits per heavy atom. The molecule has 0 radical (unpaired) electrons. The summed E-state index contributed by atoms with van der Waals surface area (Å²) in [6.07, 6.45) is 7.99. The molecule has 2 fully saturated rings. The van der Waals surface area contributed by atoms with Crippen molar-refractivity contribution < 1.29 is 0 Å². The summed E-state index contributed by atoms with van der Waals surface area (Å²) in [6.45, 7) is 14.1. The lowest BCUT2D eigenvalue weighted by molar-refractivity contribution is 0.167. The summed E-state index contributed by atoms with van der Waals surface area (Å²) >= 11 is 1.84. The standard InChI is InChI=1S/C27H33N5S/c1-20-19-32(25-4-3-5-26-24(25)13-17-33-26)16-15-31(20)14-12-21-6-8-22(9-7-21)30-27-11-10-23(28-2)18-29-27/h3-5,10-11,13,17-18,20-22H,6-9,12,14-16,19H2,1H3,(H,29,30)/t20-,21?,22?/m1/s1. The van der Waals surface area contributed by atoms with E-state index in [0.29, 0.717) is 17.8 Å². The predicted octanol–water partition coefficient (Wildman–Crippen LogP) is 6.42. The molecule has 0 bridgehead atoms. The second-order valence-electron chi connectivity index (χ2n) is 9.60. The van der Waals surface area contributed by atoms with Crippen molar-refractivity contribution in [3.8, 4) is 0 Å². The van der Waals surface area contributed by atoms with Gasteiger partial charge in [-0.3, -0.25) is 9.88 Å². The van der Waals surface area contributed by atoms with Crippen molar-refractivity contribution in [2.24, 2.45) is 5.92 Å². The van der Waals surface area contributed by atoms with Crippen LogP contribution in [0.1, 0.15) is 39.0 Å². The van der Waals surface area contributed by atoms with Crippen molar-refractivity contribution in [3.63, 3.8) is 0 Å². The van der Waals surface area contributed by atoms with Crippen LogP contribution in [-0.2, 0) is 0 Å². The lowest BCUT2D eigenvalue weighted by atomic mass is 9.84. The van der Waals surface area contributed by atoms with Gasteiger partial charge in [-0.2, -0.15) is 0 Å². The minimum absolute atomic E-state index is 0.509. The number of thiophene rings is 1. The van der Waals surface area contributed by atoms with E-state index in [4.69, 9.17) is 6.57 Å². The molecule has 0 amide bonds. The van der Waals surface area contributed by atoms with Crippen LogP contribution in [0.15, 0.2) is 48.0 Å². The van der Waals surface area contributed by atoms with E-state index in [1.165, 1.54) is 54.4 Å². The maximum atomic E-state index is 7.05. The van der Waals surface area contributed by atoms with Crippen LogP contribution >= 0.6 is 11.3 Å². The van der Waals surface area contributed by atoms with Gasteiger partial charge in [0.15, 0.2) is 0 Å². The summed E-state index contributed by atoms with van der Waals surface area (Å²) in [4.78, 5) is 13.1. The lowest BCUT2D eigenvalue weighted by Crippen LogP contribution is -2.52. The highest BCUT2D eigenvalue weighted by atomic mass is 32.1. The smallest absolute Gasteiger partial charge is 0.205 e. The number of fused-ring (bicyclic) bond motifs is 1. The highest BCUT2D eigenvalue weighted by molar-refractivity contribution is 7.17. The van der Waals surface area contributed by atoms with Crippen molar-refractivity contribution >= 4 is 38.6 Å². The number of hydrogen-bond donors (Lipinski definition) is 1. The zero-order valence-corrected chi connectivity index (χ0v) is 20.2. The van der Waals surface area contributed by atoms with Gasteiger partial charge in [-0.1, -0.05) is 12.1 Å². The minimum Gasteiger partial charge on any atom is -0.368 e. The first-order valence-corrected chi connectivity index (χ1v) is 13.1. The van der Waals surface area contributed by atoms with Crippen LogP contribution in [0.5, 0.6) is 0 Å². The number of rotatable bonds is 6. The van der Waals surface area contributed by atoms with Gasteiger partial charge in [-0.25, -0.2) is 4.85 Å². The first-order valence-electron chi connectivity index (χ1n) is 12.2. The number of pyridine rings is 1. The molecule has 1 aliphatic heterocycles. The molecule has 6 heteroatoms. The number of aromatic nitrogens is 1. The molecule has 0 spiro atoms. The third-order valence-corrected chi connectivity index (χ3v) is 8.36. The van der Waals surface area contributed by atoms with E-state index in [1.807, 2.05) is 23.5 Å². The van der Waals surface area contributed by atoms with Crippen LogP contribution in [0.4, 0.5) is 17.2 Å². The first-order chi connectivity index (χ1) is 16.2. The van der Waals surface area contributed by atoms with Crippen molar-refractivity contribution in [1.29, 1.82) is 0 Å². The van der Waals surface area contributed by atoms with E-state index < -0.39 is 0 Å². The molecule has 1 saturated heterocycles. The Balaban J connectivity index is 1.07. The van der Waals surface area contributed by atoms with Crippen LogP contribution in [0.25, 0.3) is 14.9 Å². The zero-order chi connectivity index (χ0) is 22.6. The molecule has 1 atom stereocenters. The number of hydrogen-bond acceptors (Lipinski definition) is 5. The second kappa shape index (κ2) is 10.1. The fourth-order valence-corrected chi connectivity index (χ4v) is 6.30.